The summed E-state index contributed by atoms with van der Waals surface area (Å²) in [5, 5.41) is 22.0. The Labute approximate surface area is 136 Å². The molecule has 9 heteroatoms. The normalized spacial score (nSPS) is 16.5. The van der Waals surface area contributed by atoms with E-state index in [1.165, 1.54) is 38.3 Å². The number of nitrogens with zero attached hydrogens (tertiary/aromatic N) is 3. The van der Waals surface area contributed by atoms with E-state index in [-0.39, 0.29) is 23.0 Å². The summed E-state index contributed by atoms with van der Waals surface area (Å²) in [6, 6.07) is 3.32. The lowest BCUT2D eigenvalue weighted by Gasteiger charge is -2.24. The van der Waals surface area contributed by atoms with Crippen LogP contribution >= 0.6 is 0 Å². The monoisotopic (exact) mass is 331 g/mol. The molecule has 0 spiro atoms. The molecule has 124 valence electrons. The topological polar surface area (TPSA) is 124 Å². The highest BCUT2D eigenvalue weighted by molar-refractivity contribution is 5.98. The fourth-order valence-electron chi connectivity index (χ4n) is 2.41. The molecular formula is C15H13N3O6. The maximum Gasteiger partial charge on any atom is 0.280 e. The summed E-state index contributed by atoms with van der Waals surface area (Å²) >= 11 is 0. The second-order valence-corrected chi connectivity index (χ2v) is 5.12. The van der Waals surface area contributed by atoms with E-state index in [1.807, 2.05) is 0 Å². The zero-order valence-electron chi connectivity index (χ0n) is 12.8. The van der Waals surface area contributed by atoms with Crippen LogP contribution in [0, 0.1) is 20.2 Å². The van der Waals surface area contributed by atoms with Gasteiger partial charge < -0.3 is 0 Å². The van der Waals surface area contributed by atoms with Gasteiger partial charge in [0.1, 0.15) is 0 Å². The third kappa shape index (κ3) is 3.19. The fraction of sp³-hybridized carbons (Fsp3) is 0.200. The zero-order valence-corrected chi connectivity index (χ0v) is 12.8. The molecule has 1 aromatic rings. The van der Waals surface area contributed by atoms with Crippen LogP contribution in [0.2, 0.25) is 0 Å². The third-order valence-corrected chi connectivity index (χ3v) is 3.52. The van der Waals surface area contributed by atoms with Crippen molar-refractivity contribution in [1.29, 1.82) is 0 Å². The Morgan fingerprint density at radius 3 is 2.29 bits per heavy atom. The molecule has 9 nitrogen and oxygen atoms in total. The highest BCUT2D eigenvalue weighted by atomic mass is 16.6. The molecule has 1 amide bonds. The number of carbonyl (C=O) groups is 2. The molecule has 0 saturated carbocycles. The Morgan fingerprint density at radius 2 is 1.79 bits per heavy atom. The van der Waals surface area contributed by atoms with Crippen LogP contribution in [-0.4, -0.2) is 26.4 Å². The number of amides is 1. The second-order valence-electron chi connectivity index (χ2n) is 5.12. The second kappa shape index (κ2) is 6.41. The molecule has 1 heterocycles. The van der Waals surface area contributed by atoms with Gasteiger partial charge in [-0.25, -0.2) is 0 Å². The summed E-state index contributed by atoms with van der Waals surface area (Å²) < 4.78 is 0. The molecule has 1 atom stereocenters. The standard InChI is InChI=1S/C15H13N3O6/c1-9(19)14-7-11(5-6-16(14)10(2)20)13-4-3-12(17(21)22)8-15(13)18(23)24/h3-8,11H,1-2H3. The van der Waals surface area contributed by atoms with Crippen LogP contribution in [0.1, 0.15) is 25.3 Å². The maximum atomic E-state index is 11.7. The minimum atomic E-state index is -0.720. The van der Waals surface area contributed by atoms with Gasteiger partial charge in [-0.3, -0.25) is 34.7 Å². The van der Waals surface area contributed by atoms with E-state index in [9.17, 15) is 29.8 Å². The Morgan fingerprint density at radius 1 is 1.12 bits per heavy atom. The molecule has 0 aliphatic carbocycles. The van der Waals surface area contributed by atoms with Gasteiger partial charge in [-0.15, -0.1) is 0 Å². The first-order valence-electron chi connectivity index (χ1n) is 6.86. The molecule has 24 heavy (non-hydrogen) atoms. The lowest BCUT2D eigenvalue weighted by Crippen LogP contribution is -2.28. The lowest BCUT2D eigenvalue weighted by atomic mass is 9.93. The van der Waals surface area contributed by atoms with Crippen LogP contribution in [0.15, 0.2) is 42.2 Å². The van der Waals surface area contributed by atoms with Crippen molar-refractivity contribution < 1.29 is 19.4 Å². The molecule has 0 saturated heterocycles. The lowest BCUT2D eigenvalue weighted by molar-refractivity contribution is -0.394. The van der Waals surface area contributed by atoms with E-state index in [0.717, 1.165) is 17.0 Å². The van der Waals surface area contributed by atoms with Crippen molar-refractivity contribution in [3.63, 3.8) is 0 Å². The molecule has 1 aromatic carbocycles. The molecule has 0 radical (unpaired) electrons. The summed E-state index contributed by atoms with van der Waals surface area (Å²) in [4.78, 5) is 45.0. The summed E-state index contributed by atoms with van der Waals surface area (Å²) in [7, 11) is 0. The van der Waals surface area contributed by atoms with Crippen LogP contribution < -0.4 is 0 Å². The summed E-state index contributed by atoms with van der Waals surface area (Å²) in [5.41, 5.74) is -0.521. The van der Waals surface area contributed by atoms with Crippen molar-refractivity contribution in [2.45, 2.75) is 19.8 Å². The van der Waals surface area contributed by atoms with E-state index < -0.39 is 27.1 Å². The Hall–Kier alpha value is -3.36. The molecule has 0 aromatic heterocycles. The largest absolute Gasteiger partial charge is 0.293 e. The molecular weight excluding hydrogens is 318 g/mol. The molecule has 1 unspecified atom stereocenters. The number of benzene rings is 1. The van der Waals surface area contributed by atoms with Gasteiger partial charge in [-0.1, -0.05) is 6.08 Å². The Kier molecular flexibility index (Phi) is 4.54. The third-order valence-electron chi connectivity index (χ3n) is 3.52. The number of non-ortho nitro benzene ring substituents is 1. The molecule has 2 rings (SSSR count). The van der Waals surface area contributed by atoms with Gasteiger partial charge in [-0.05, 0) is 12.1 Å². The van der Waals surface area contributed by atoms with Crippen molar-refractivity contribution in [1.82, 2.24) is 4.90 Å². The Bertz CT molecular complexity index is 811. The van der Waals surface area contributed by atoms with Crippen LogP contribution in [0.3, 0.4) is 0 Å². The number of nitro benzene ring substituents is 2. The van der Waals surface area contributed by atoms with Gasteiger partial charge in [0.15, 0.2) is 5.78 Å². The van der Waals surface area contributed by atoms with E-state index in [4.69, 9.17) is 0 Å². The van der Waals surface area contributed by atoms with E-state index in [2.05, 4.69) is 0 Å². The summed E-state index contributed by atoms with van der Waals surface area (Å²) in [6.07, 6.45) is 4.31. The van der Waals surface area contributed by atoms with Gasteiger partial charge >= 0.3 is 0 Å². The first-order valence-corrected chi connectivity index (χ1v) is 6.86. The van der Waals surface area contributed by atoms with Crippen molar-refractivity contribution in [3.8, 4) is 0 Å². The average Bonchev–Trinajstić information content (AvgIpc) is 2.53. The van der Waals surface area contributed by atoms with Crippen molar-refractivity contribution >= 4 is 23.1 Å². The van der Waals surface area contributed by atoms with Crippen molar-refractivity contribution in [2.75, 3.05) is 0 Å². The van der Waals surface area contributed by atoms with Gasteiger partial charge in [0.25, 0.3) is 11.4 Å². The smallest absolute Gasteiger partial charge is 0.280 e. The summed E-state index contributed by atoms with van der Waals surface area (Å²) in [5.74, 6) is -1.39. The predicted molar refractivity (Wildman–Crippen MR) is 82.9 cm³/mol. The maximum absolute atomic E-state index is 11.7. The Balaban J connectivity index is 2.54. The van der Waals surface area contributed by atoms with Crippen molar-refractivity contribution in [2.24, 2.45) is 0 Å². The number of nitro groups is 2. The zero-order chi connectivity index (χ0) is 18.0. The number of carbonyl (C=O) groups excluding carboxylic acids is 2. The first kappa shape index (κ1) is 17.0. The van der Waals surface area contributed by atoms with Crippen molar-refractivity contribution in [3.05, 3.63) is 68.0 Å². The highest BCUT2D eigenvalue weighted by Gasteiger charge is 2.28. The number of rotatable bonds is 4. The number of hydrogen-bond donors (Lipinski definition) is 0. The molecule has 1 aliphatic heterocycles. The van der Waals surface area contributed by atoms with E-state index >= 15 is 0 Å². The number of allylic oxidation sites excluding steroid dienone is 3. The summed E-state index contributed by atoms with van der Waals surface area (Å²) in [6.45, 7) is 2.57. The van der Waals surface area contributed by atoms with Gasteiger partial charge in [0.2, 0.25) is 5.91 Å². The quantitative estimate of drug-likeness (QED) is 0.616. The van der Waals surface area contributed by atoms with E-state index in [0.29, 0.717) is 0 Å². The molecule has 0 N–H and O–H groups in total. The number of Topliss-reactive ketones (excluding diaryl/α,β-unsaturated/α-hetero) is 1. The average molecular weight is 331 g/mol. The van der Waals surface area contributed by atoms with E-state index in [1.54, 1.807) is 0 Å². The van der Waals surface area contributed by atoms with Crippen LogP contribution in [-0.2, 0) is 9.59 Å². The molecule has 0 fully saturated rings. The highest BCUT2D eigenvalue weighted by Crippen LogP contribution is 2.35. The number of hydrogen-bond acceptors (Lipinski definition) is 6. The van der Waals surface area contributed by atoms with Gasteiger partial charge in [-0.2, -0.15) is 0 Å². The van der Waals surface area contributed by atoms with Crippen LogP contribution in [0.25, 0.3) is 0 Å². The van der Waals surface area contributed by atoms with Gasteiger partial charge in [0.05, 0.1) is 21.6 Å². The minimum Gasteiger partial charge on any atom is -0.293 e. The van der Waals surface area contributed by atoms with Crippen LogP contribution in [0.4, 0.5) is 11.4 Å². The molecule has 1 aliphatic rings. The predicted octanol–water partition coefficient (Wildman–Crippen LogP) is 2.44. The van der Waals surface area contributed by atoms with Gasteiger partial charge in [0, 0.05) is 37.6 Å². The SMILES string of the molecule is CC(=O)C1=CC(c2ccc([N+](=O)[O-])cc2[N+](=O)[O-])C=CN1C(C)=O. The minimum absolute atomic E-state index is 0.0997. The molecule has 0 bridgehead atoms. The fourth-order valence-corrected chi connectivity index (χ4v) is 2.41. The first-order chi connectivity index (χ1) is 11.2. The van der Waals surface area contributed by atoms with Crippen LogP contribution in [0.5, 0.6) is 0 Å². The number of ketones is 1.